The molecule has 0 aromatic heterocycles. The van der Waals surface area contributed by atoms with Gasteiger partial charge in [-0.1, -0.05) is 20.3 Å². The lowest BCUT2D eigenvalue weighted by Gasteiger charge is -2.33. The largest absolute Gasteiger partial charge is 0.342 e. The smallest absolute Gasteiger partial charge is 0.208 e. The second-order valence-corrected chi connectivity index (χ2v) is 5.04. The summed E-state index contributed by atoms with van der Waals surface area (Å²) in [5, 5.41) is 0. The molecule has 0 saturated heterocycles. The van der Waals surface area contributed by atoms with Crippen LogP contribution in [0.2, 0.25) is 0 Å². The normalized spacial score (nSPS) is 17.4. The molecule has 1 rings (SSSR count). The summed E-state index contributed by atoms with van der Waals surface area (Å²) in [4.78, 5) is 6.79. The fourth-order valence-electron chi connectivity index (χ4n) is 1.86. The van der Waals surface area contributed by atoms with Crippen molar-refractivity contribution in [1.82, 2.24) is 10.3 Å². The molecule has 4 heteroatoms. The molecule has 1 fully saturated rings. The first-order valence-corrected chi connectivity index (χ1v) is 6.43. The molecule has 0 radical (unpaired) electrons. The van der Waals surface area contributed by atoms with Gasteiger partial charge in [-0.05, 0) is 31.6 Å². The van der Waals surface area contributed by atoms with Crippen molar-refractivity contribution in [3.63, 3.8) is 0 Å². The van der Waals surface area contributed by atoms with E-state index >= 15 is 0 Å². The molecule has 3 N–H and O–H groups in total. The second kappa shape index (κ2) is 6.74. The maximum Gasteiger partial charge on any atom is 0.208 e. The molecular weight excluding hydrogens is 200 g/mol. The number of guanidine groups is 1. The van der Waals surface area contributed by atoms with Crippen LogP contribution in [0.3, 0.4) is 0 Å². The second-order valence-electron chi connectivity index (χ2n) is 5.04. The van der Waals surface area contributed by atoms with E-state index < -0.39 is 0 Å². The van der Waals surface area contributed by atoms with Crippen LogP contribution in [0.15, 0.2) is 4.99 Å². The van der Waals surface area contributed by atoms with Crippen LogP contribution in [-0.4, -0.2) is 30.5 Å². The molecule has 0 atom stereocenters. The number of nitrogens with zero attached hydrogens (tertiary/aromatic N) is 2. The van der Waals surface area contributed by atoms with Gasteiger partial charge in [0.1, 0.15) is 0 Å². The van der Waals surface area contributed by atoms with Gasteiger partial charge in [0.2, 0.25) is 5.96 Å². The van der Waals surface area contributed by atoms with E-state index in [2.05, 4.69) is 36.1 Å². The highest BCUT2D eigenvalue weighted by Gasteiger charge is 2.21. The van der Waals surface area contributed by atoms with Crippen molar-refractivity contribution in [2.24, 2.45) is 22.7 Å². The van der Waals surface area contributed by atoms with Crippen molar-refractivity contribution in [2.45, 2.75) is 40.0 Å². The zero-order valence-corrected chi connectivity index (χ0v) is 10.9. The van der Waals surface area contributed by atoms with E-state index in [1.165, 1.54) is 19.3 Å². The van der Waals surface area contributed by atoms with E-state index in [9.17, 15) is 0 Å². The van der Waals surface area contributed by atoms with Gasteiger partial charge < -0.3 is 4.90 Å². The molecule has 1 aliphatic carbocycles. The maximum atomic E-state index is 5.55. The Morgan fingerprint density at radius 3 is 2.56 bits per heavy atom. The molecule has 0 bridgehead atoms. The van der Waals surface area contributed by atoms with Crippen LogP contribution < -0.4 is 11.3 Å². The Kier molecular flexibility index (Phi) is 5.60. The zero-order chi connectivity index (χ0) is 12.0. The predicted octanol–water partition coefficient (Wildman–Crippen LogP) is 1.58. The minimum absolute atomic E-state index is 0.575. The standard InChI is InChI=1S/C12H26N4/c1-4-16(9-11-6-5-7-11)12(15-13)14-8-10(2)3/h10-11H,4-9,13H2,1-3H3,(H,14,15). The Hall–Kier alpha value is -0.770. The van der Waals surface area contributed by atoms with Crippen molar-refractivity contribution in [2.75, 3.05) is 19.6 Å². The Balaban J connectivity index is 2.48. The third-order valence-corrected chi connectivity index (χ3v) is 3.12. The molecule has 1 aliphatic rings. The molecule has 0 aromatic carbocycles. The minimum Gasteiger partial charge on any atom is -0.342 e. The first-order valence-electron chi connectivity index (χ1n) is 6.43. The summed E-state index contributed by atoms with van der Waals surface area (Å²) in [6.07, 6.45) is 4.10. The lowest BCUT2D eigenvalue weighted by atomic mass is 9.85. The van der Waals surface area contributed by atoms with Crippen molar-refractivity contribution in [1.29, 1.82) is 0 Å². The Labute approximate surface area is 99.3 Å². The number of rotatable bonds is 5. The molecule has 4 nitrogen and oxygen atoms in total. The molecule has 0 heterocycles. The molecule has 0 amide bonds. The van der Waals surface area contributed by atoms with Gasteiger partial charge >= 0.3 is 0 Å². The molecule has 16 heavy (non-hydrogen) atoms. The summed E-state index contributed by atoms with van der Waals surface area (Å²) >= 11 is 0. The topological polar surface area (TPSA) is 53.6 Å². The van der Waals surface area contributed by atoms with E-state index in [0.29, 0.717) is 5.92 Å². The Morgan fingerprint density at radius 2 is 2.19 bits per heavy atom. The number of nitrogens with one attached hydrogen (secondary N) is 1. The van der Waals surface area contributed by atoms with E-state index in [1.807, 2.05) is 0 Å². The minimum atomic E-state index is 0.575. The third-order valence-electron chi connectivity index (χ3n) is 3.12. The van der Waals surface area contributed by atoms with Crippen LogP contribution in [0.25, 0.3) is 0 Å². The Bertz CT molecular complexity index is 221. The molecule has 0 spiro atoms. The van der Waals surface area contributed by atoms with Crippen molar-refractivity contribution in [3.8, 4) is 0 Å². The Morgan fingerprint density at radius 1 is 1.50 bits per heavy atom. The van der Waals surface area contributed by atoms with Gasteiger partial charge in [-0.25, -0.2) is 5.84 Å². The summed E-state index contributed by atoms with van der Waals surface area (Å²) in [5.74, 6) is 7.82. The lowest BCUT2D eigenvalue weighted by Crippen LogP contribution is -2.47. The number of aliphatic imine (C=N–C) groups is 1. The summed E-state index contributed by atoms with van der Waals surface area (Å²) in [6.45, 7) is 9.39. The number of nitrogens with two attached hydrogens (primary N) is 1. The summed E-state index contributed by atoms with van der Waals surface area (Å²) < 4.78 is 0. The summed E-state index contributed by atoms with van der Waals surface area (Å²) in [6, 6.07) is 0. The average molecular weight is 226 g/mol. The van der Waals surface area contributed by atoms with Crippen molar-refractivity contribution >= 4 is 5.96 Å². The van der Waals surface area contributed by atoms with Crippen molar-refractivity contribution < 1.29 is 0 Å². The van der Waals surface area contributed by atoms with Gasteiger partial charge in [-0.15, -0.1) is 0 Å². The van der Waals surface area contributed by atoms with Gasteiger partial charge in [0.25, 0.3) is 0 Å². The highest BCUT2D eigenvalue weighted by Crippen LogP contribution is 2.26. The van der Waals surface area contributed by atoms with Crippen LogP contribution in [0.5, 0.6) is 0 Å². The quantitative estimate of drug-likeness (QED) is 0.324. The van der Waals surface area contributed by atoms with E-state index in [0.717, 1.165) is 31.5 Å². The van der Waals surface area contributed by atoms with E-state index in [-0.39, 0.29) is 0 Å². The highest BCUT2D eigenvalue weighted by atomic mass is 15.4. The van der Waals surface area contributed by atoms with Crippen LogP contribution in [-0.2, 0) is 0 Å². The lowest BCUT2D eigenvalue weighted by molar-refractivity contribution is 0.240. The summed E-state index contributed by atoms with van der Waals surface area (Å²) in [7, 11) is 0. The van der Waals surface area contributed by atoms with E-state index in [4.69, 9.17) is 5.84 Å². The van der Waals surface area contributed by atoms with Crippen LogP contribution in [0.4, 0.5) is 0 Å². The molecule has 0 unspecified atom stereocenters. The highest BCUT2D eigenvalue weighted by molar-refractivity contribution is 5.79. The third kappa shape index (κ3) is 4.00. The zero-order valence-electron chi connectivity index (χ0n) is 10.9. The fourth-order valence-corrected chi connectivity index (χ4v) is 1.86. The molecule has 0 aliphatic heterocycles. The monoisotopic (exact) mass is 226 g/mol. The number of hydrogen-bond donors (Lipinski definition) is 2. The summed E-state index contributed by atoms with van der Waals surface area (Å²) in [5.41, 5.74) is 2.74. The van der Waals surface area contributed by atoms with Crippen LogP contribution in [0.1, 0.15) is 40.0 Å². The van der Waals surface area contributed by atoms with Gasteiger partial charge in [0.05, 0.1) is 0 Å². The fraction of sp³-hybridized carbons (Fsp3) is 0.917. The molecule has 0 aromatic rings. The van der Waals surface area contributed by atoms with Gasteiger partial charge in [-0.2, -0.15) is 0 Å². The predicted molar refractivity (Wildman–Crippen MR) is 69.1 cm³/mol. The van der Waals surface area contributed by atoms with Gasteiger partial charge in [-0.3, -0.25) is 10.4 Å². The molecule has 1 saturated carbocycles. The maximum absolute atomic E-state index is 5.55. The van der Waals surface area contributed by atoms with Crippen molar-refractivity contribution in [3.05, 3.63) is 0 Å². The molecular formula is C12H26N4. The van der Waals surface area contributed by atoms with Gasteiger partial charge in [0, 0.05) is 19.6 Å². The first kappa shape index (κ1) is 13.3. The van der Waals surface area contributed by atoms with Crippen LogP contribution >= 0.6 is 0 Å². The SMILES string of the molecule is CCN(CC1CCC1)C(=NCC(C)C)NN. The van der Waals surface area contributed by atoms with Crippen LogP contribution in [0, 0.1) is 11.8 Å². The molecule has 94 valence electrons. The van der Waals surface area contributed by atoms with E-state index in [1.54, 1.807) is 0 Å². The average Bonchev–Trinajstić information content (AvgIpc) is 2.20. The van der Waals surface area contributed by atoms with Gasteiger partial charge in [0.15, 0.2) is 0 Å². The first-order chi connectivity index (χ1) is 7.67. The number of hydrazine groups is 1. The number of hydrogen-bond acceptors (Lipinski definition) is 2.